The van der Waals surface area contributed by atoms with Crippen LogP contribution in [0.5, 0.6) is 0 Å². The van der Waals surface area contributed by atoms with Gasteiger partial charge >= 0.3 is 0 Å². The topological polar surface area (TPSA) is 23.6 Å². The van der Waals surface area contributed by atoms with Gasteiger partial charge in [0.2, 0.25) is 5.91 Å². The summed E-state index contributed by atoms with van der Waals surface area (Å²) in [6, 6.07) is 2.12. The van der Waals surface area contributed by atoms with Crippen molar-refractivity contribution in [3.63, 3.8) is 0 Å². The Kier molecular flexibility index (Phi) is 5.61. The highest BCUT2D eigenvalue weighted by molar-refractivity contribution is 7.10. The fourth-order valence-corrected chi connectivity index (χ4v) is 3.64. The van der Waals surface area contributed by atoms with Crippen molar-refractivity contribution in [2.75, 3.05) is 20.1 Å². The van der Waals surface area contributed by atoms with Gasteiger partial charge in [0, 0.05) is 24.5 Å². The molecule has 0 bridgehead atoms. The van der Waals surface area contributed by atoms with Crippen LogP contribution in [0.3, 0.4) is 0 Å². The average Bonchev–Trinajstić information content (AvgIpc) is 2.71. The van der Waals surface area contributed by atoms with Crippen molar-refractivity contribution < 1.29 is 4.79 Å². The normalized spacial score (nSPS) is 18.1. The van der Waals surface area contributed by atoms with E-state index in [0.717, 1.165) is 32.5 Å². The van der Waals surface area contributed by atoms with Crippen LogP contribution >= 0.6 is 11.3 Å². The summed E-state index contributed by atoms with van der Waals surface area (Å²) in [5.41, 5.74) is 1.33. The third-order valence-electron chi connectivity index (χ3n) is 4.30. The Labute approximate surface area is 126 Å². The molecule has 2 heterocycles. The number of carbonyl (C=O) groups is 1. The lowest BCUT2D eigenvalue weighted by Crippen LogP contribution is -2.45. The average molecular weight is 294 g/mol. The maximum Gasteiger partial charge on any atom is 0.239 e. The number of hydrogen-bond donors (Lipinski definition) is 0. The van der Waals surface area contributed by atoms with Crippen LogP contribution in [0.15, 0.2) is 11.4 Å². The maximum atomic E-state index is 12.6. The third kappa shape index (κ3) is 3.83. The summed E-state index contributed by atoms with van der Waals surface area (Å²) < 4.78 is 0. The molecule has 1 aromatic heterocycles. The summed E-state index contributed by atoms with van der Waals surface area (Å²) in [6.45, 7) is 6.92. The monoisotopic (exact) mass is 294 g/mol. The largest absolute Gasteiger partial charge is 0.341 e. The van der Waals surface area contributed by atoms with Crippen molar-refractivity contribution >= 4 is 17.2 Å². The number of aryl methyl sites for hydroxylation is 1. The molecule has 112 valence electrons. The number of carbonyl (C=O) groups excluding carboxylic acids is 1. The van der Waals surface area contributed by atoms with E-state index in [1.165, 1.54) is 23.3 Å². The molecule has 1 saturated heterocycles. The smallest absolute Gasteiger partial charge is 0.239 e. The minimum absolute atomic E-state index is 0.0328. The summed E-state index contributed by atoms with van der Waals surface area (Å²) in [4.78, 5) is 18.2. The number of amides is 1. The molecule has 2 rings (SSSR count). The van der Waals surface area contributed by atoms with Crippen molar-refractivity contribution in [1.29, 1.82) is 0 Å². The number of likely N-dealkylation sites (tertiary alicyclic amines) is 1. The van der Waals surface area contributed by atoms with E-state index in [0.29, 0.717) is 5.91 Å². The SMILES string of the molecule is Cc1ccsc1CN(C)C(C)C(=O)N1CCCCCC1. The Morgan fingerprint density at radius 1 is 1.35 bits per heavy atom. The maximum absolute atomic E-state index is 12.6. The lowest BCUT2D eigenvalue weighted by Gasteiger charge is -2.29. The molecule has 1 aromatic rings. The summed E-state index contributed by atoms with van der Waals surface area (Å²) in [6.07, 6.45) is 4.85. The first-order chi connectivity index (χ1) is 9.59. The second kappa shape index (κ2) is 7.23. The molecule has 1 atom stereocenters. The minimum atomic E-state index is -0.0328. The predicted molar refractivity (Wildman–Crippen MR) is 85.0 cm³/mol. The first kappa shape index (κ1) is 15.5. The molecule has 1 aliphatic heterocycles. The van der Waals surface area contributed by atoms with Gasteiger partial charge in [-0.3, -0.25) is 9.69 Å². The van der Waals surface area contributed by atoms with E-state index in [2.05, 4.69) is 35.2 Å². The van der Waals surface area contributed by atoms with Gasteiger partial charge in [0.15, 0.2) is 0 Å². The summed E-state index contributed by atoms with van der Waals surface area (Å²) >= 11 is 1.78. The van der Waals surface area contributed by atoms with Crippen LogP contribution in [0, 0.1) is 6.92 Å². The van der Waals surface area contributed by atoms with E-state index < -0.39 is 0 Å². The van der Waals surface area contributed by atoms with E-state index in [1.807, 2.05) is 6.92 Å². The predicted octanol–water partition coefficient (Wildman–Crippen LogP) is 3.28. The zero-order valence-electron chi connectivity index (χ0n) is 12.9. The highest BCUT2D eigenvalue weighted by atomic mass is 32.1. The van der Waals surface area contributed by atoms with Gasteiger partial charge in [-0.05, 0) is 50.7 Å². The molecular formula is C16H26N2OS. The number of hydrogen-bond acceptors (Lipinski definition) is 3. The van der Waals surface area contributed by atoms with Crippen LogP contribution in [0.25, 0.3) is 0 Å². The van der Waals surface area contributed by atoms with Crippen LogP contribution < -0.4 is 0 Å². The van der Waals surface area contributed by atoms with Crippen molar-refractivity contribution in [3.8, 4) is 0 Å². The number of thiophene rings is 1. The highest BCUT2D eigenvalue weighted by Gasteiger charge is 2.24. The van der Waals surface area contributed by atoms with Crippen molar-refractivity contribution in [2.24, 2.45) is 0 Å². The Morgan fingerprint density at radius 3 is 2.55 bits per heavy atom. The highest BCUT2D eigenvalue weighted by Crippen LogP contribution is 2.19. The molecule has 4 heteroatoms. The van der Waals surface area contributed by atoms with Gasteiger partial charge in [-0.15, -0.1) is 11.3 Å². The van der Waals surface area contributed by atoms with Crippen molar-refractivity contribution in [2.45, 2.75) is 52.1 Å². The van der Waals surface area contributed by atoms with E-state index >= 15 is 0 Å². The van der Waals surface area contributed by atoms with E-state index in [9.17, 15) is 4.79 Å². The van der Waals surface area contributed by atoms with Gasteiger partial charge in [0.25, 0.3) is 0 Å². The fraction of sp³-hybridized carbons (Fsp3) is 0.688. The molecule has 0 N–H and O–H groups in total. The number of rotatable bonds is 4. The number of nitrogens with zero attached hydrogens (tertiary/aromatic N) is 2. The minimum Gasteiger partial charge on any atom is -0.341 e. The van der Waals surface area contributed by atoms with Crippen molar-refractivity contribution in [3.05, 3.63) is 21.9 Å². The van der Waals surface area contributed by atoms with Crippen LogP contribution in [0.4, 0.5) is 0 Å². The molecule has 0 spiro atoms. The second-order valence-corrected chi connectivity index (χ2v) is 6.86. The van der Waals surface area contributed by atoms with Crippen molar-refractivity contribution in [1.82, 2.24) is 9.80 Å². The molecule has 1 unspecified atom stereocenters. The van der Waals surface area contributed by atoms with Gasteiger partial charge in [-0.25, -0.2) is 0 Å². The molecule has 0 aromatic carbocycles. The van der Waals surface area contributed by atoms with Crippen LogP contribution in [-0.2, 0) is 11.3 Å². The first-order valence-corrected chi connectivity index (χ1v) is 8.49. The van der Waals surface area contributed by atoms with Crippen LogP contribution in [0.1, 0.15) is 43.0 Å². The molecule has 1 fully saturated rings. The third-order valence-corrected chi connectivity index (χ3v) is 5.31. The van der Waals surface area contributed by atoms with E-state index in [-0.39, 0.29) is 6.04 Å². The van der Waals surface area contributed by atoms with Gasteiger partial charge in [0.05, 0.1) is 6.04 Å². The molecule has 0 radical (unpaired) electrons. The molecule has 1 amide bonds. The van der Waals surface area contributed by atoms with Gasteiger partial charge < -0.3 is 4.90 Å². The zero-order chi connectivity index (χ0) is 14.5. The van der Waals surface area contributed by atoms with Crippen LogP contribution in [-0.4, -0.2) is 41.9 Å². The molecule has 20 heavy (non-hydrogen) atoms. The van der Waals surface area contributed by atoms with Gasteiger partial charge in [-0.2, -0.15) is 0 Å². The Morgan fingerprint density at radius 2 is 2.00 bits per heavy atom. The summed E-state index contributed by atoms with van der Waals surface area (Å²) in [5.74, 6) is 0.295. The van der Waals surface area contributed by atoms with Crippen LogP contribution in [0.2, 0.25) is 0 Å². The molecular weight excluding hydrogens is 268 g/mol. The first-order valence-electron chi connectivity index (χ1n) is 7.61. The Balaban J connectivity index is 1.93. The van der Waals surface area contributed by atoms with Gasteiger partial charge in [0.1, 0.15) is 0 Å². The zero-order valence-corrected chi connectivity index (χ0v) is 13.7. The molecule has 3 nitrogen and oxygen atoms in total. The standard InChI is InChI=1S/C16H26N2OS/c1-13-8-11-20-15(13)12-17(3)14(2)16(19)18-9-6-4-5-7-10-18/h8,11,14H,4-7,9-10,12H2,1-3H3. The van der Waals surface area contributed by atoms with E-state index in [4.69, 9.17) is 0 Å². The van der Waals surface area contributed by atoms with E-state index in [1.54, 1.807) is 11.3 Å². The lowest BCUT2D eigenvalue weighted by atomic mass is 10.2. The summed E-state index contributed by atoms with van der Waals surface area (Å²) in [5, 5.41) is 2.12. The number of likely N-dealkylation sites (N-methyl/N-ethyl adjacent to an activating group) is 1. The quantitative estimate of drug-likeness (QED) is 0.851. The molecule has 0 saturated carbocycles. The second-order valence-electron chi connectivity index (χ2n) is 5.86. The molecule has 0 aliphatic carbocycles. The summed E-state index contributed by atoms with van der Waals surface area (Å²) in [7, 11) is 2.06. The lowest BCUT2D eigenvalue weighted by molar-refractivity contribution is -0.136. The fourth-order valence-electron chi connectivity index (χ4n) is 2.67. The Bertz CT molecular complexity index is 435. The molecule has 1 aliphatic rings. The van der Waals surface area contributed by atoms with Gasteiger partial charge in [-0.1, -0.05) is 12.8 Å². The Hall–Kier alpha value is -0.870.